The van der Waals surface area contributed by atoms with Crippen molar-refractivity contribution in [3.05, 3.63) is 42.5 Å². The number of nitrogens with zero attached hydrogens (tertiary/aromatic N) is 4. The van der Waals surface area contributed by atoms with Gasteiger partial charge in [0.25, 0.3) is 0 Å². The topological polar surface area (TPSA) is 115 Å². The van der Waals surface area contributed by atoms with Gasteiger partial charge in [-0.2, -0.15) is 5.26 Å². The average Bonchev–Trinajstić information content (AvgIpc) is 3.32. The molecule has 4 rings (SSSR count). The van der Waals surface area contributed by atoms with E-state index >= 15 is 0 Å². The minimum Gasteiger partial charge on any atom is -0.369 e. The summed E-state index contributed by atoms with van der Waals surface area (Å²) in [6.07, 6.45) is 15.7. The fraction of sp³-hybridized carbons (Fsp3) is 0.385. The molecule has 0 radical (unpaired) electrons. The number of likely N-dealkylation sites (tertiary alicyclic amines) is 2. The van der Waals surface area contributed by atoms with Crippen molar-refractivity contribution < 1.29 is 9.59 Å². The van der Waals surface area contributed by atoms with Crippen LogP contribution in [0.1, 0.15) is 38.5 Å². The Morgan fingerprint density at radius 2 is 1.71 bits per heavy atom. The van der Waals surface area contributed by atoms with Crippen molar-refractivity contribution in [2.45, 2.75) is 38.5 Å². The van der Waals surface area contributed by atoms with E-state index in [4.69, 9.17) is 11.0 Å². The molecule has 0 aromatic heterocycles. The van der Waals surface area contributed by atoms with Crippen LogP contribution in [0.2, 0.25) is 0 Å². The van der Waals surface area contributed by atoms with Gasteiger partial charge in [-0.1, -0.05) is 36.8 Å². The van der Waals surface area contributed by atoms with Crippen LogP contribution in [0.4, 0.5) is 5.69 Å². The smallest absolute Gasteiger partial charge is 0.242 e. The van der Waals surface area contributed by atoms with Gasteiger partial charge in [-0.25, -0.2) is 4.99 Å². The molecule has 34 heavy (non-hydrogen) atoms. The van der Waals surface area contributed by atoms with Crippen LogP contribution < -0.4 is 11.1 Å². The average molecular weight is 461 g/mol. The van der Waals surface area contributed by atoms with E-state index in [0.717, 1.165) is 68.2 Å². The molecule has 2 aliphatic rings. The van der Waals surface area contributed by atoms with Gasteiger partial charge < -0.3 is 15.5 Å². The molecule has 0 spiro atoms. The number of fused-ring (bicyclic) bond motifs is 1. The number of guanidine groups is 1. The van der Waals surface area contributed by atoms with E-state index in [0.29, 0.717) is 13.0 Å². The molecule has 0 bridgehead atoms. The molecular formula is C26H32N6O2. The number of rotatable bonds is 3. The Bertz CT molecular complexity index is 1050. The quantitative estimate of drug-likeness (QED) is 0.240. The summed E-state index contributed by atoms with van der Waals surface area (Å²) in [5.74, 6) is 0.385. The predicted octanol–water partition coefficient (Wildman–Crippen LogP) is 3.12. The summed E-state index contributed by atoms with van der Waals surface area (Å²) in [5, 5.41) is 12.9. The fourth-order valence-electron chi connectivity index (χ4n) is 3.91. The van der Waals surface area contributed by atoms with Crippen LogP contribution >= 0.6 is 0 Å². The zero-order valence-electron chi connectivity index (χ0n) is 19.4. The Morgan fingerprint density at radius 1 is 1.03 bits per heavy atom. The van der Waals surface area contributed by atoms with Crippen LogP contribution in [0.25, 0.3) is 10.8 Å². The van der Waals surface area contributed by atoms with Crippen LogP contribution in [-0.4, -0.2) is 53.8 Å². The highest BCUT2D eigenvalue weighted by Crippen LogP contribution is 2.20. The summed E-state index contributed by atoms with van der Waals surface area (Å²) in [4.78, 5) is 31.3. The predicted molar refractivity (Wildman–Crippen MR) is 135 cm³/mol. The van der Waals surface area contributed by atoms with Crippen LogP contribution in [0.3, 0.4) is 0 Å². The normalized spacial score (nSPS) is 15.8. The van der Waals surface area contributed by atoms with Gasteiger partial charge in [0, 0.05) is 26.1 Å². The number of nitrogens with one attached hydrogen (secondary N) is 1. The monoisotopic (exact) mass is 460 g/mol. The summed E-state index contributed by atoms with van der Waals surface area (Å²) in [6, 6.07) is 13.7. The van der Waals surface area contributed by atoms with E-state index in [1.165, 1.54) is 0 Å². The second-order valence-corrected chi connectivity index (χ2v) is 7.98. The van der Waals surface area contributed by atoms with Crippen molar-refractivity contribution >= 4 is 34.2 Å². The molecule has 2 aromatic rings. The van der Waals surface area contributed by atoms with Gasteiger partial charge in [0.2, 0.25) is 17.8 Å². The first kappa shape index (κ1) is 26.2. The lowest BCUT2D eigenvalue weighted by molar-refractivity contribution is -0.139. The summed E-state index contributed by atoms with van der Waals surface area (Å²) < 4.78 is 0. The van der Waals surface area contributed by atoms with Crippen molar-refractivity contribution in [3.63, 3.8) is 0 Å². The Hall–Kier alpha value is -4.04. The first-order chi connectivity index (χ1) is 16.6. The first-order valence-electron chi connectivity index (χ1n) is 11.4. The number of benzene rings is 2. The van der Waals surface area contributed by atoms with Crippen LogP contribution in [0.15, 0.2) is 47.5 Å². The SMILES string of the molecule is C#C.N#CNC(N)=Nc1ccc2ccccc2c1.O=C(CN1CCCCCC1=O)N1CCCC1. The van der Waals surface area contributed by atoms with E-state index < -0.39 is 0 Å². The molecule has 0 saturated carbocycles. The second kappa shape index (κ2) is 14.2. The van der Waals surface area contributed by atoms with E-state index in [1.807, 2.05) is 47.4 Å². The Labute approximate surface area is 201 Å². The Balaban J connectivity index is 0.000000224. The van der Waals surface area contributed by atoms with Crippen LogP contribution in [0.5, 0.6) is 0 Å². The maximum Gasteiger partial charge on any atom is 0.242 e. The van der Waals surface area contributed by atoms with E-state index in [9.17, 15) is 9.59 Å². The van der Waals surface area contributed by atoms with Crippen molar-refractivity contribution in [1.29, 1.82) is 5.26 Å². The van der Waals surface area contributed by atoms with Gasteiger partial charge in [-0.3, -0.25) is 14.9 Å². The fourth-order valence-corrected chi connectivity index (χ4v) is 3.91. The lowest BCUT2D eigenvalue weighted by Crippen LogP contribution is -2.41. The summed E-state index contributed by atoms with van der Waals surface area (Å²) in [6.45, 7) is 2.82. The maximum atomic E-state index is 11.9. The Morgan fingerprint density at radius 3 is 2.41 bits per heavy atom. The molecule has 2 aromatic carbocycles. The molecule has 0 atom stereocenters. The summed E-state index contributed by atoms with van der Waals surface area (Å²) >= 11 is 0. The number of amides is 2. The highest BCUT2D eigenvalue weighted by Gasteiger charge is 2.23. The molecule has 0 aliphatic carbocycles. The maximum absolute atomic E-state index is 11.9. The van der Waals surface area contributed by atoms with E-state index in [2.05, 4.69) is 23.2 Å². The minimum absolute atomic E-state index is 0.0952. The number of terminal acetylenes is 1. The number of hydrogen-bond donors (Lipinski definition) is 2. The van der Waals surface area contributed by atoms with E-state index in [-0.39, 0.29) is 17.8 Å². The van der Waals surface area contributed by atoms with Crippen molar-refractivity contribution in [3.8, 4) is 19.0 Å². The lowest BCUT2D eigenvalue weighted by Gasteiger charge is -2.23. The number of nitrogens with two attached hydrogens (primary N) is 1. The zero-order chi connectivity index (χ0) is 24.8. The largest absolute Gasteiger partial charge is 0.369 e. The molecule has 8 heteroatoms. The molecule has 2 amide bonds. The molecule has 8 nitrogen and oxygen atoms in total. The van der Waals surface area contributed by atoms with Gasteiger partial charge in [0.1, 0.15) is 0 Å². The molecule has 2 saturated heterocycles. The van der Waals surface area contributed by atoms with Gasteiger partial charge in [0.15, 0.2) is 6.19 Å². The third-order valence-corrected chi connectivity index (χ3v) is 5.62. The third kappa shape index (κ3) is 8.14. The molecule has 178 valence electrons. The number of aliphatic imine (C=N–C) groups is 1. The Kier molecular flexibility index (Phi) is 10.9. The summed E-state index contributed by atoms with van der Waals surface area (Å²) in [5.41, 5.74) is 6.20. The zero-order valence-corrected chi connectivity index (χ0v) is 19.4. The van der Waals surface area contributed by atoms with Gasteiger partial charge in [-0.15, -0.1) is 12.8 Å². The third-order valence-electron chi connectivity index (χ3n) is 5.62. The van der Waals surface area contributed by atoms with Gasteiger partial charge in [-0.05, 0) is 48.6 Å². The van der Waals surface area contributed by atoms with Gasteiger partial charge in [0.05, 0.1) is 12.2 Å². The first-order valence-corrected chi connectivity index (χ1v) is 11.4. The van der Waals surface area contributed by atoms with Crippen molar-refractivity contribution in [1.82, 2.24) is 15.1 Å². The van der Waals surface area contributed by atoms with Gasteiger partial charge >= 0.3 is 0 Å². The highest BCUT2D eigenvalue weighted by atomic mass is 16.2. The van der Waals surface area contributed by atoms with Crippen molar-refractivity contribution in [2.75, 3.05) is 26.2 Å². The lowest BCUT2D eigenvalue weighted by atomic mass is 10.1. The molecule has 2 heterocycles. The number of carbonyl (C=O) groups excluding carboxylic acids is 2. The van der Waals surface area contributed by atoms with E-state index in [1.54, 1.807) is 11.1 Å². The molecule has 2 aliphatic heterocycles. The molecule has 3 N–H and O–H groups in total. The van der Waals surface area contributed by atoms with Crippen molar-refractivity contribution in [2.24, 2.45) is 10.7 Å². The van der Waals surface area contributed by atoms with Crippen LogP contribution in [-0.2, 0) is 9.59 Å². The number of carbonyl (C=O) groups is 2. The molecule has 2 fully saturated rings. The van der Waals surface area contributed by atoms with Crippen LogP contribution in [0, 0.1) is 24.3 Å². The number of hydrogen-bond acceptors (Lipinski definition) is 4. The standard InChI is InChI=1S/C12H10N4.C12H20N2O2.C2H2/c13-8-15-12(14)16-11-6-5-9-3-1-2-4-10(9)7-11;15-11-6-2-1-3-9-14(11)10-12(16)13-7-4-5-8-13;1-2/h1-7H,(H3,14,15,16);1-10H2;1-2H. The molecular weight excluding hydrogens is 428 g/mol. The second-order valence-electron chi connectivity index (χ2n) is 7.98. The molecule has 0 unspecified atom stereocenters. The number of nitriles is 1. The summed E-state index contributed by atoms with van der Waals surface area (Å²) in [7, 11) is 0. The minimum atomic E-state index is 0.0952. The highest BCUT2D eigenvalue weighted by molar-refractivity contribution is 5.88.